The fraction of sp³-hybridized carbons (Fsp3) is 0.273. The summed E-state index contributed by atoms with van der Waals surface area (Å²) in [5.74, 6) is 0.889. The second-order valence-electron chi connectivity index (χ2n) is 8.32. The number of Topliss-reactive ketones (excluding diaryl/α,β-unsaturated/α-hetero) is 1. The lowest BCUT2D eigenvalue weighted by molar-refractivity contribution is -0.118. The van der Waals surface area contributed by atoms with Gasteiger partial charge in [-0.25, -0.2) is 4.98 Å². The summed E-state index contributed by atoms with van der Waals surface area (Å²) in [5, 5.41) is 4.57. The van der Waals surface area contributed by atoms with Crippen LogP contribution in [0.1, 0.15) is 38.3 Å². The average molecular weight is 412 g/mol. The van der Waals surface area contributed by atoms with Crippen LogP contribution in [-0.2, 0) is 4.79 Å². The molecule has 1 aromatic heterocycles. The first-order chi connectivity index (χ1) is 13.3. The van der Waals surface area contributed by atoms with Crippen LogP contribution >= 0.6 is 23.2 Å². The van der Waals surface area contributed by atoms with Gasteiger partial charge in [0.15, 0.2) is 5.78 Å². The molecule has 0 fully saturated rings. The Hall–Kier alpha value is -2.30. The Morgan fingerprint density at radius 2 is 1.93 bits per heavy atom. The zero-order valence-electron chi connectivity index (χ0n) is 15.6. The molecule has 2 heterocycles. The number of ketones is 1. The van der Waals surface area contributed by atoms with Gasteiger partial charge in [0.1, 0.15) is 0 Å². The predicted molar refractivity (Wildman–Crippen MR) is 113 cm³/mol. The SMILES string of the molecule is CC1(C)CC(=O)C2=C(C1)Nc1nc3ccccc3n1[C@@H]2c1ccc(Cl)cc1Cl. The smallest absolute Gasteiger partial charge is 0.209 e. The van der Waals surface area contributed by atoms with E-state index in [1.54, 1.807) is 6.07 Å². The molecule has 28 heavy (non-hydrogen) atoms. The molecule has 142 valence electrons. The molecule has 1 atom stereocenters. The number of benzene rings is 2. The van der Waals surface area contributed by atoms with Gasteiger partial charge >= 0.3 is 0 Å². The van der Waals surface area contributed by atoms with Crippen LogP contribution in [0.5, 0.6) is 0 Å². The van der Waals surface area contributed by atoms with Crippen LogP contribution in [0.4, 0.5) is 5.95 Å². The molecule has 4 nitrogen and oxygen atoms in total. The van der Waals surface area contributed by atoms with Crippen molar-refractivity contribution in [2.75, 3.05) is 5.32 Å². The maximum atomic E-state index is 13.3. The number of nitrogens with one attached hydrogen (secondary N) is 1. The quantitative estimate of drug-likeness (QED) is 0.533. The van der Waals surface area contributed by atoms with E-state index in [-0.39, 0.29) is 17.2 Å². The Bertz CT molecular complexity index is 1180. The highest BCUT2D eigenvalue weighted by molar-refractivity contribution is 6.35. The lowest BCUT2D eigenvalue weighted by atomic mass is 9.73. The molecule has 0 saturated carbocycles. The van der Waals surface area contributed by atoms with Gasteiger partial charge in [-0.05, 0) is 41.7 Å². The zero-order chi connectivity index (χ0) is 19.6. The number of fused-ring (bicyclic) bond motifs is 3. The summed E-state index contributed by atoms with van der Waals surface area (Å²) in [6, 6.07) is 13.1. The van der Waals surface area contributed by atoms with Crippen LogP contribution in [0, 0.1) is 5.41 Å². The van der Waals surface area contributed by atoms with Crippen molar-refractivity contribution in [3.05, 3.63) is 69.3 Å². The van der Waals surface area contributed by atoms with Crippen LogP contribution in [0.15, 0.2) is 53.7 Å². The largest absolute Gasteiger partial charge is 0.329 e. The molecular weight excluding hydrogens is 393 g/mol. The van der Waals surface area contributed by atoms with Crippen LogP contribution in [0.2, 0.25) is 10.0 Å². The Morgan fingerprint density at radius 1 is 1.14 bits per heavy atom. The molecule has 3 aromatic rings. The van der Waals surface area contributed by atoms with Gasteiger partial charge in [0, 0.05) is 27.7 Å². The van der Waals surface area contributed by atoms with E-state index in [4.69, 9.17) is 28.2 Å². The molecule has 1 aliphatic heterocycles. The summed E-state index contributed by atoms with van der Waals surface area (Å²) in [6.07, 6.45) is 1.30. The van der Waals surface area contributed by atoms with Gasteiger partial charge in [-0.15, -0.1) is 0 Å². The van der Waals surface area contributed by atoms with Crippen molar-refractivity contribution >= 4 is 46.0 Å². The Kier molecular flexibility index (Phi) is 3.87. The van der Waals surface area contributed by atoms with Crippen molar-refractivity contribution < 1.29 is 4.79 Å². The van der Waals surface area contributed by atoms with Crippen molar-refractivity contribution in [1.82, 2.24) is 9.55 Å². The first kappa shape index (κ1) is 17.8. The number of para-hydroxylation sites is 2. The molecule has 0 spiro atoms. The molecule has 6 heteroatoms. The van der Waals surface area contributed by atoms with Gasteiger partial charge in [0.05, 0.1) is 17.1 Å². The predicted octanol–water partition coefficient (Wildman–Crippen LogP) is 6.00. The Labute approximate surface area is 173 Å². The number of carbonyl (C=O) groups is 1. The van der Waals surface area contributed by atoms with Crippen molar-refractivity contribution in [3.63, 3.8) is 0 Å². The maximum Gasteiger partial charge on any atom is 0.209 e. The van der Waals surface area contributed by atoms with E-state index in [9.17, 15) is 4.79 Å². The number of aromatic nitrogens is 2. The minimum atomic E-state index is -0.327. The fourth-order valence-electron chi connectivity index (χ4n) is 4.44. The summed E-state index contributed by atoms with van der Waals surface area (Å²) in [5.41, 5.74) is 4.33. The highest BCUT2D eigenvalue weighted by Crippen LogP contribution is 2.48. The number of allylic oxidation sites excluding steroid dienone is 2. The van der Waals surface area contributed by atoms with Crippen LogP contribution in [0.3, 0.4) is 0 Å². The zero-order valence-corrected chi connectivity index (χ0v) is 17.1. The highest BCUT2D eigenvalue weighted by atomic mass is 35.5. The lowest BCUT2D eigenvalue weighted by Gasteiger charge is -2.39. The number of hydrogen-bond donors (Lipinski definition) is 1. The molecular formula is C22H19Cl2N3O. The van der Waals surface area contributed by atoms with Crippen LogP contribution < -0.4 is 5.32 Å². The molecule has 0 radical (unpaired) electrons. The van der Waals surface area contributed by atoms with Crippen molar-refractivity contribution in [1.29, 1.82) is 0 Å². The standard InChI is InChI=1S/C22H19Cl2N3O/c1-22(2)10-16-19(18(28)11-22)20(13-8-7-12(23)9-14(13)24)27-17-6-4-3-5-15(17)25-21(27)26-16/h3-9,20H,10-11H2,1-2H3,(H,25,26)/t20-/m1/s1. The second-order valence-corrected chi connectivity index (χ2v) is 9.16. The van der Waals surface area contributed by atoms with Gasteiger partial charge in [-0.1, -0.05) is 55.2 Å². The third kappa shape index (κ3) is 2.66. The summed E-state index contributed by atoms with van der Waals surface area (Å²) >= 11 is 12.7. The topological polar surface area (TPSA) is 46.9 Å². The lowest BCUT2D eigenvalue weighted by Crippen LogP contribution is -2.36. The number of halogens is 2. The molecule has 2 aliphatic rings. The van der Waals surface area contributed by atoms with E-state index in [1.165, 1.54) is 0 Å². The number of imidazole rings is 1. The van der Waals surface area contributed by atoms with E-state index in [0.717, 1.165) is 40.2 Å². The number of nitrogens with zero attached hydrogens (tertiary/aromatic N) is 2. The van der Waals surface area contributed by atoms with E-state index < -0.39 is 0 Å². The van der Waals surface area contributed by atoms with Gasteiger partial charge in [0.2, 0.25) is 5.95 Å². The summed E-state index contributed by atoms with van der Waals surface area (Å²) in [7, 11) is 0. The van der Waals surface area contributed by atoms with E-state index >= 15 is 0 Å². The third-order valence-electron chi connectivity index (χ3n) is 5.57. The first-order valence-corrected chi connectivity index (χ1v) is 10.0. The summed E-state index contributed by atoms with van der Waals surface area (Å²) < 4.78 is 2.08. The summed E-state index contributed by atoms with van der Waals surface area (Å²) in [6.45, 7) is 4.25. The second kappa shape index (κ2) is 6.10. The number of hydrogen-bond acceptors (Lipinski definition) is 3. The summed E-state index contributed by atoms with van der Waals surface area (Å²) in [4.78, 5) is 18.1. The molecule has 1 N–H and O–H groups in total. The molecule has 1 aliphatic carbocycles. The molecule has 0 unspecified atom stereocenters. The van der Waals surface area contributed by atoms with Gasteiger partial charge in [0.25, 0.3) is 0 Å². The van der Waals surface area contributed by atoms with E-state index in [1.807, 2.05) is 36.4 Å². The Morgan fingerprint density at radius 3 is 2.71 bits per heavy atom. The van der Waals surface area contributed by atoms with Crippen molar-refractivity contribution in [3.8, 4) is 0 Å². The van der Waals surface area contributed by atoms with E-state index in [2.05, 4.69) is 23.7 Å². The highest BCUT2D eigenvalue weighted by Gasteiger charge is 2.42. The van der Waals surface area contributed by atoms with Crippen LogP contribution in [-0.4, -0.2) is 15.3 Å². The van der Waals surface area contributed by atoms with Crippen molar-refractivity contribution in [2.45, 2.75) is 32.7 Å². The minimum Gasteiger partial charge on any atom is -0.329 e. The molecule has 5 rings (SSSR count). The maximum absolute atomic E-state index is 13.3. The van der Waals surface area contributed by atoms with Gasteiger partial charge in [-0.3, -0.25) is 9.36 Å². The third-order valence-corrected chi connectivity index (χ3v) is 6.13. The Balaban J connectivity index is 1.82. The minimum absolute atomic E-state index is 0.0918. The molecule has 0 amide bonds. The average Bonchev–Trinajstić information content (AvgIpc) is 2.97. The van der Waals surface area contributed by atoms with E-state index in [0.29, 0.717) is 16.5 Å². The number of carbonyl (C=O) groups excluding carboxylic acids is 1. The molecule has 2 aromatic carbocycles. The number of anilines is 1. The monoisotopic (exact) mass is 411 g/mol. The fourth-order valence-corrected chi connectivity index (χ4v) is 4.95. The van der Waals surface area contributed by atoms with Gasteiger partial charge in [-0.2, -0.15) is 0 Å². The number of rotatable bonds is 1. The molecule has 0 bridgehead atoms. The normalized spacial score (nSPS) is 20.7. The van der Waals surface area contributed by atoms with Gasteiger partial charge < -0.3 is 5.32 Å². The first-order valence-electron chi connectivity index (χ1n) is 9.29. The van der Waals surface area contributed by atoms with Crippen molar-refractivity contribution in [2.24, 2.45) is 5.41 Å². The molecule has 0 saturated heterocycles. The van der Waals surface area contributed by atoms with Crippen LogP contribution in [0.25, 0.3) is 11.0 Å².